The van der Waals surface area contributed by atoms with Crippen molar-refractivity contribution >= 4 is 35.0 Å². The van der Waals surface area contributed by atoms with Crippen LogP contribution in [0.25, 0.3) is 5.57 Å². The van der Waals surface area contributed by atoms with Crippen molar-refractivity contribution < 1.29 is 22.4 Å². The maximum absolute atomic E-state index is 14.4. The molecule has 0 heterocycles. The van der Waals surface area contributed by atoms with Crippen LogP contribution in [-0.2, 0) is 0 Å². The molecule has 1 amide bonds. The minimum absolute atomic E-state index is 0.0412. The monoisotopic (exact) mass is 429 g/mol. The van der Waals surface area contributed by atoms with E-state index in [1.54, 1.807) is 12.1 Å². The van der Waals surface area contributed by atoms with Gasteiger partial charge in [-0.05, 0) is 30.3 Å². The van der Waals surface area contributed by atoms with E-state index >= 15 is 0 Å². The average molecular weight is 430 g/mol. The number of hydrogen-bond donors (Lipinski definition) is 2. The van der Waals surface area contributed by atoms with Gasteiger partial charge < -0.3 is 11.1 Å². The molecular formula is C20H20ClF4N3O. The summed E-state index contributed by atoms with van der Waals surface area (Å²) in [5.41, 5.74) is 2.84. The van der Waals surface area contributed by atoms with E-state index < -0.39 is 34.7 Å². The molecule has 4 nitrogen and oxygen atoms in total. The number of nitrogens with two attached hydrogens (primary N) is 1. The summed E-state index contributed by atoms with van der Waals surface area (Å²) in [7, 11) is 1.24. The van der Waals surface area contributed by atoms with Crippen molar-refractivity contribution in [3.05, 3.63) is 70.1 Å². The predicted molar refractivity (Wildman–Crippen MR) is 109 cm³/mol. The molecule has 0 aliphatic carbocycles. The Morgan fingerprint density at radius 2 is 1.76 bits per heavy atom. The van der Waals surface area contributed by atoms with E-state index in [4.69, 9.17) is 17.3 Å². The van der Waals surface area contributed by atoms with Crippen molar-refractivity contribution in [3.63, 3.8) is 0 Å². The Kier molecular flexibility index (Phi) is 8.85. The lowest BCUT2D eigenvalue weighted by molar-refractivity contribution is -0.0918. The summed E-state index contributed by atoms with van der Waals surface area (Å²) in [5, 5.41) is 2.63. The maximum Gasteiger partial charge on any atom is 0.431 e. The SMILES string of the molecule is CC.CN=C/C(=C(\N)C(F)(F)F)c1ccc(NC(=O)c2ccccc2Cl)cc1F. The number of carbonyl (C=O) groups is 1. The number of rotatable bonds is 4. The van der Waals surface area contributed by atoms with Crippen molar-refractivity contribution in [2.75, 3.05) is 12.4 Å². The predicted octanol–water partition coefficient (Wildman–Crippen LogP) is 5.69. The van der Waals surface area contributed by atoms with Crippen LogP contribution in [0.3, 0.4) is 0 Å². The number of halogens is 5. The number of carbonyl (C=O) groups excluding carboxylic acids is 1. The molecule has 0 fully saturated rings. The number of nitrogens with one attached hydrogen (secondary N) is 1. The van der Waals surface area contributed by atoms with Crippen molar-refractivity contribution in [1.82, 2.24) is 0 Å². The lowest BCUT2D eigenvalue weighted by Gasteiger charge is -2.13. The molecule has 0 saturated carbocycles. The second-order valence-electron chi connectivity index (χ2n) is 5.34. The van der Waals surface area contributed by atoms with Gasteiger partial charge in [-0.3, -0.25) is 9.79 Å². The zero-order chi connectivity index (χ0) is 22.2. The first-order valence-corrected chi connectivity index (χ1v) is 8.88. The van der Waals surface area contributed by atoms with E-state index in [-0.39, 0.29) is 16.3 Å². The van der Waals surface area contributed by atoms with E-state index in [9.17, 15) is 22.4 Å². The minimum atomic E-state index is -4.85. The smallest absolute Gasteiger partial charge is 0.394 e. The van der Waals surface area contributed by atoms with Crippen LogP contribution in [0.5, 0.6) is 0 Å². The van der Waals surface area contributed by atoms with E-state index in [1.807, 2.05) is 13.8 Å². The van der Waals surface area contributed by atoms with Crippen molar-refractivity contribution in [2.24, 2.45) is 10.7 Å². The van der Waals surface area contributed by atoms with Crippen LogP contribution in [0.4, 0.5) is 23.2 Å². The van der Waals surface area contributed by atoms with Gasteiger partial charge >= 0.3 is 6.18 Å². The van der Waals surface area contributed by atoms with Crippen molar-refractivity contribution in [2.45, 2.75) is 20.0 Å². The van der Waals surface area contributed by atoms with Gasteiger partial charge in [0.2, 0.25) is 0 Å². The molecule has 29 heavy (non-hydrogen) atoms. The number of alkyl halides is 3. The zero-order valence-electron chi connectivity index (χ0n) is 15.9. The zero-order valence-corrected chi connectivity index (χ0v) is 16.7. The first-order chi connectivity index (χ1) is 13.6. The number of anilines is 1. The fraction of sp³-hybridized carbons (Fsp3) is 0.200. The van der Waals surface area contributed by atoms with Crippen molar-refractivity contribution in [3.8, 4) is 0 Å². The second-order valence-corrected chi connectivity index (χ2v) is 5.75. The molecule has 0 bridgehead atoms. The van der Waals surface area contributed by atoms with E-state index in [0.29, 0.717) is 0 Å². The van der Waals surface area contributed by atoms with Gasteiger partial charge in [0.1, 0.15) is 11.5 Å². The number of amides is 1. The topological polar surface area (TPSA) is 67.5 Å². The molecule has 2 rings (SSSR count). The molecule has 0 atom stereocenters. The largest absolute Gasteiger partial charge is 0.431 e. The molecule has 0 aromatic heterocycles. The molecule has 0 unspecified atom stereocenters. The number of allylic oxidation sites excluding steroid dienone is 2. The highest BCUT2D eigenvalue weighted by Crippen LogP contribution is 2.30. The molecule has 0 saturated heterocycles. The number of hydrogen-bond acceptors (Lipinski definition) is 3. The third-order valence-corrected chi connectivity index (χ3v) is 3.82. The summed E-state index contributed by atoms with van der Waals surface area (Å²) in [6.07, 6.45) is -4.02. The van der Waals surface area contributed by atoms with Gasteiger partial charge in [-0.1, -0.05) is 37.6 Å². The lowest BCUT2D eigenvalue weighted by atomic mass is 10.0. The molecule has 0 aliphatic rings. The van der Waals surface area contributed by atoms with Gasteiger partial charge in [-0.25, -0.2) is 4.39 Å². The molecule has 156 valence electrons. The fourth-order valence-electron chi connectivity index (χ4n) is 2.22. The Bertz CT molecular complexity index is 924. The first-order valence-electron chi connectivity index (χ1n) is 8.50. The second kappa shape index (κ2) is 10.6. The number of aliphatic imine (C=N–C) groups is 1. The highest BCUT2D eigenvalue weighted by atomic mass is 35.5. The summed E-state index contributed by atoms with van der Waals surface area (Å²) >= 11 is 5.92. The Morgan fingerprint density at radius 1 is 1.14 bits per heavy atom. The van der Waals surface area contributed by atoms with E-state index in [0.717, 1.165) is 18.3 Å². The Hall–Kier alpha value is -2.87. The summed E-state index contributed by atoms with van der Waals surface area (Å²) in [5.74, 6) is -1.59. The van der Waals surface area contributed by atoms with Gasteiger partial charge in [0, 0.05) is 30.1 Å². The lowest BCUT2D eigenvalue weighted by Crippen LogP contribution is -2.22. The van der Waals surface area contributed by atoms with Gasteiger partial charge in [0.25, 0.3) is 5.91 Å². The molecule has 3 N–H and O–H groups in total. The highest BCUT2D eigenvalue weighted by Gasteiger charge is 2.34. The standard InChI is InChI=1S/C18H14ClF4N3O.C2H6/c1-25-9-13(16(24)18(21,22)23)11-7-6-10(8-15(11)20)26-17(27)12-4-2-3-5-14(12)19;1-2/h2-9H,24H2,1H3,(H,26,27);1-2H3/b16-13+,25-9?;. The van der Waals surface area contributed by atoms with Crippen LogP contribution in [0.1, 0.15) is 29.8 Å². The van der Waals surface area contributed by atoms with Crippen molar-refractivity contribution in [1.29, 1.82) is 0 Å². The van der Waals surface area contributed by atoms with Gasteiger partial charge in [0.15, 0.2) is 0 Å². The molecule has 0 spiro atoms. The maximum atomic E-state index is 14.4. The molecule has 9 heteroatoms. The van der Waals surface area contributed by atoms with E-state index in [2.05, 4.69) is 10.3 Å². The first kappa shape index (κ1) is 24.2. The van der Waals surface area contributed by atoms with Crippen LogP contribution in [0, 0.1) is 5.82 Å². The Balaban J connectivity index is 0.00000204. The van der Waals surface area contributed by atoms with Crippen LogP contribution in [0.2, 0.25) is 5.02 Å². The highest BCUT2D eigenvalue weighted by molar-refractivity contribution is 6.34. The summed E-state index contributed by atoms with van der Waals surface area (Å²) in [6, 6.07) is 9.45. The molecule has 0 aliphatic heterocycles. The average Bonchev–Trinajstić information content (AvgIpc) is 2.67. The third kappa shape index (κ3) is 6.32. The van der Waals surface area contributed by atoms with Crippen LogP contribution >= 0.6 is 11.6 Å². The van der Waals surface area contributed by atoms with E-state index in [1.165, 1.54) is 25.2 Å². The molecule has 2 aromatic rings. The quantitative estimate of drug-likeness (QED) is 0.484. The Morgan fingerprint density at radius 3 is 2.28 bits per heavy atom. The summed E-state index contributed by atoms with van der Waals surface area (Å²) < 4.78 is 53.0. The van der Waals surface area contributed by atoms with Gasteiger partial charge in [-0.15, -0.1) is 0 Å². The van der Waals surface area contributed by atoms with Crippen LogP contribution < -0.4 is 11.1 Å². The summed E-state index contributed by atoms with van der Waals surface area (Å²) in [6.45, 7) is 4.00. The van der Waals surface area contributed by atoms with Gasteiger partial charge in [-0.2, -0.15) is 13.2 Å². The molecule has 2 aromatic carbocycles. The Labute approximate surface area is 171 Å². The van der Waals surface area contributed by atoms with Gasteiger partial charge in [0.05, 0.1) is 10.6 Å². The molecular weight excluding hydrogens is 410 g/mol. The van der Waals surface area contributed by atoms with Crippen LogP contribution in [0.15, 0.2) is 53.2 Å². The number of nitrogens with zero attached hydrogens (tertiary/aromatic N) is 1. The fourth-order valence-corrected chi connectivity index (χ4v) is 2.44. The normalized spacial score (nSPS) is 12.1. The molecule has 0 radical (unpaired) electrons. The third-order valence-electron chi connectivity index (χ3n) is 3.49. The summed E-state index contributed by atoms with van der Waals surface area (Å²) in [4.78, 5) is 15.7. The van der Waals surface area contributed by atoms with Crippen LogP contribution in [-0.4, -0.2) is 25.3 Å². The number of benzene rings is 2. The minimum Gasteiger partial charge on any atom is -0.394 e.